The van der Waals surface area contributed by atoms with Crippen molar-refractivity contribution in [2.45, 2.75) is 26.0 Å². The number of hydrogen-bond donors (Lipinski definition) is 1. The maximum atomic E-state index is 14.2. The highest BCUT2D eigenvalue weighted by molar-refractivity contribution is 5.71. The smallest absolute Gasteiger partial charge is 0.147 e. The fraction of sp³-hybridized carbons (Fsp3) is 0.250. The van der Waals surface area contributed by atoms with Crippen LogP contribution < -0.4 is 4.90 Å². The molecule has 2 nitrogen and oxygen atoms in total. The zero-order chi connectivity index (χ0) is 13.4. The number of hydrogen-bond acceptors (Lipinski definition) is 2. The number of aliphatic hydroxyl groups is 1. The molecule has 3 rings (SSSR count). The van der Waals surface area contributed by atoms with Crippen LogP contribution in [0.15, 0.2) is 42.5 Å². The van der Waals surface area contributed by atoms with Gasteiger partial charge in [-0.2, -0.15) is 0 Å². The van der Waals surface area contributed by atoms with Crippen LogP contribution in [0.1, 0.15) is 18.1 Å². The molecule has 1 aliphatic rings. The lowest BCUT2D eigenvalue weighted by atomic mass is 10.1. The van der Waals surface area contributed by atoms with Crippen LogP contribution in [-0.4, -0.2) is 11.1 Å². The van der Waals surface area contributed by atoms with E-state index in [2.05, 4.69) is 13.0 Å². The quantitative estimate of drug-likeness (QED) is 0.891. The van der Waals surface area contributed by atoms with Crippen LogP contribution in [0.3, 0.4) is 0 Å². The molecular formula is C16H16FNO. The number of benzene rings is 2. The molecule has 0 fully saturated rings. The van der Waals surface area contributed by atoms with Gasteiger partial charge in [0.1, 0.15) is 5.82 Å². The number of anilines is 2. The number of halogens is 1. The zero-order valence-electron chi connectivity index (χ0n) is 10.8. The van der Waals surface area contributed by atoms with Crippen LogP contribution >= 0.6 is 0 Å². The minimum Gasteiger partial charge on any atom is -0.392 e. The Bertz CT molecular complexity index is 611. The van der Waals surface area contributed by atoms with Gasteiger partial charge in [0.2, 0.25) is 0 Å². The number of fused-ring (bicyclic) bond motifs is 1. The van der Waals surface area contributed by atoms with Gasteiger partial charge in [0.25, 0.3) is 0 Å². The van der Waals surface area contributed by atoms with Crippen LogP contribution in [0, 0.1) is 5.82 Å². The number of aliphatic hydroxyl groups excluding tert-OH is 1. The molecule has 2 aromatic rings. The molecule has 0 saturated carbocycles. The van der Waals surface area contributed by atoms with Crippen molar-refractivity contribution in [3.05, 3.63) is 59.4 Å². The van der Waals surface area contributed by atoms with Crippen LogP contribution in [0.4, 0.5) is 15.8 Å². The van der Waals surface area contributed by atoms with Gasteiger partial charge in [0, 0.05) is 11.7 Å². The Kier molecular flexibility index (Phi) is 2.99. The van der Waals surface area contributed by atoms with Crippen molar-refractivity contribution in [3.8, 4) is 0 Å². The second kappa shape index (κ2) is 4.67. The summed E-state index contributed by atoms with van der Waals surface area (Å²) in [6.45, 7) is 1.96. The highest BCUT2D eigenvalue weighted by Gasteiger charge is 2.28. The fourth-order valence-corrected chi connectivity index (χ4v) is 2.78. The third kappa shape index (κ3) is 2.00. The topological polar surface area (TPSA) is 23.5 Å². The Labute approximate surface area is 112 Å². The minimum absolute atomic E-state index is 0.136. The normalized spacial score (nSPS) is 17.6. The van der Waals surface area contributed by atoms with E-state index in [1.54, 1.807) is 12.1 Å². The molecule has 0 aliphatic carbocycles. The first-order valence-corrected chi connectivity index (χ1v) is 6.47. The molecule has 0 bridgehead atoms. The molecule has 0 saturated heterocycles. The molecule has 98 valence electrons. The Balaban J connectivity index is 2.07. The fourth-order valence-electron chi connectivity index (χ4n) is 2.78. The molecule has 1 N–H and O–H groups in total. The summed E-state index contributed by atoms with van der Waals surface area (Å²) in [6.07, 6.45) is 0.928. The summed E-state index contributed by atoms with van der Waals surface area (Å²) in [5.41, 5.74) is 3.50. The highest BCUT2D eigenvalue weighted by atomic mass is 19.1. The van der Waals surface area contributed by atoms with E-state index in [1.165, 1.54) is 11.6 Å². The van der Waals surface area contributed by atoms with E-state index in [-0.39, 0.29) is 18.5 Å². The first-order valence-electron chi connectivity index (χ1n) is 6.47. The molecular weight excluding hydrogens is 241 g/mol. The van der Waals surface area contributed by atoms with Crippen LogP contribution in [0.2, 0.25) is 0 Å². The Hall–Kier alpha value is -1.87. The molecule has 0 radical (unpaired) electrons. The SMILES string of the molecule is CC1Cc2ccccc2N1c1ccc(CO)cc1F. The second-order valence-electron chi connectivity index (χ2n) is 5.00. The maximum Gasteiger partial charge on any atom is 0.147 e. The molecule has 0 aromatic heterocycles. The van der Waals surface area contributed by atoms with Gasteiger partial charge in [-0.05, 0) is 42.7 Å². The lowest BCUT2D eigenvalue weighted by Gasteiger charge is -2.25. The van der Waals surface area contributed by atoms with Gasteiger partial charge >= 0.3 is 0 Å². The van der Waals surface area contributed by atoms with Crippen molar-refractivity contribution in [3.63, 3.8) is 0 Å². The molecule has 1 aliphatic heterocycles. The maximum absolute atomic E-state index is 14.2. The highest BCUT2D eigenvalue weighted by Crippen LogP contribution is 2.39. The first kappa shape index (κ1) is 12.2. The van der Waals surface area contributed by atoms with Crippen LogP contribution in [-0.2, 0) is 13.0 Å². The zero-order valence-corrected chi connectivity index (χ0v) is 10.8. The van der Waals surface area contributed by atoms with E-state index in [0.717, 1.165) is 12.1 Å². The van der Waals surface area contributed by atoms with E-state index >= 15 is 0 Å². The standard InChI is InChI=1S/C16H16FNO/c1-11-8-13-4-2-3-5-15(13)18(11)16-7-6-12(10-19)9-14(16)17/h2-7,9,11,19H,8,10H2,1H3. The summed E-state index contributed by atoms with van der Waals surface area (Å²) in [7, 11) is 0. The largest absolute Gasteiger partial charge is 0.392 e. The summed E-state index contributed by atoms with van der Waals surface area (Å²) >= 11 is 0. The van der Waals surface area contributed by atoms with Gasteiger partial charge in [-0.3, -0.25) is 0 Å². The monoisotopic (exact) mass is 257 g/mol. The Morgan fingerprint density at radius 1 is 1.21 bits per heavy atom. The summed E-state index contributed by atoms with van der Waals surface area (Å²) in [5.74, 6) is -0.282. The van der Waals surface area contributed by atoms with E-state index in [4.69, 9.17) is 5.11 Å². The van der Waals surface area contributed by atoms with Gasteiger partial charge in [0.15, 0.2) is 0 Å². The van der Waals surface area contributed by atoms with E-state index in [0.29, 0.717) is 11.3 Å². The number of para-hydroxylation sites is 1. The molecule has 0 amide bonds. The van der Waals surface area contributed by atoms with Gasteiger partial charge < -0.3 is 10.0 Å². The van der Waals surface area contributed by atoms with Gasteiger partial charge in [-0.25, -0.2) is 4.39 Å². The van der Waals surface area contributed by atoms with E-state index < -0.39 is 0 Å². The third-order valence-corrected chi connectivity index (χ3v) is 3.66. The first-order chi connectivity index (χ1) is 9.20. The predicted molar refractivity (Wildman–Crippen MR) is 74.1 cm³/mol. The minimum atomic E-state index is -0.282. The molecule has 2 aromatic carbocycles. The molecule has 1 unspecified atom stereocenters. The molecule has 1 heterocycles. The molecule has 3 heteroatoms. The summed E-state index contributed by atoms with van der Waals surface area (Å²) in [5, 5.41) is 9.05. The Morgan fingerprint density at radius 2 is 2.00 bits per heavy atom. The Morgan fingerprint density at radius 3 is 2.74 bits per heavy atom. The van der Waals surface area contributed by atoms with Crippen molar-refractivity contribution < 1.29 is 9.50 Å². The van der Waals surface area contributed by atoms with Crippen LogP contribution in [0.25, 0.3) is 0 Å². The average molecular weight is 257 g/mol. The summed E-state index contributed by atoms with van der Waals surface area (Å²) < 4.78 is 14.2. The van der Waals surface area contributed by atoms with Crippen molar-refractivity contribution in [2.24, 2.45) is 0 Å². The summed E-state index contributed by atoms with van der Waals surface area (Å²) in [4.78, 5) is 2.03. The predicted octanol–water partition coefficient (Wildman–Crippen LogP) is 3.40. The van der Waals surface area contributed by atoms with Crippen molar-refractivity contribution >= 4 is 11.4 Å². The second-order valence-corrected chi connectivity index (χ2v) is 5.00. The van der Waals surface area contributed by atoms with Gasteiger partial charge in [-0.1, -0.05) is 24.3 Å². The van der Waals surface area contributed by atoms with E-state index in [1.807, 2.05) is 23.1 Å². The molecule has 1 atom stereocenters. The van der Waals surface area contributed by atoms with Crippen molar-refractivity contribution in [1.29, 1.82) is 0 Å². The lowest BCUT2D eigenvalue weighted by molar-refractivity contribution is 0.281. The van der Waals surface area contributed by atoms with E-state index in [9.17, 15) is 4.39 Å². The average Bonchev–Trinajstić information content (AvgIpc) is 2.75. The number of rotatable bonds is 2. The van der Waals surface area contributed by atoms with Gasteiger partial charge in [0.05, 0.1) is 12.3 Å². The van der Waals surface area contributed by atoms with Crippen molar-refractivity contribution in [2.75, 3.05) is 4.90 Å². The van der Waals surface area contributed by atoms with Crippen molar-refractivity contribution in [1.82, 2.24) is 0 Å². The third-order valence-electron chi connectivity index (χ3n) is 3.66. The number of nitrogens with zero attached hydrogens (tertiary/aromatic N) is 1. The lowest BCUT2D eigenvalue weighted by Crippen LogP contribution is -2.24. The van der Waals surface area contributed by atoms with Gasteiger partial charge in [-0.15, -0.1) is 0 Å². The molecule has 19 heavy (non-hydrogen) atoms. The molecule has 0 spiro atoms. The van der Waals surface area contributed by atoms with Crippen LogP contribution in [0.5, 0.6) is 0 Å². The summed E-state index contributed by atoms with van der Waals surface area (Å²) in [6, 6.07) is 13.3.